The number of nitrogens with one attached hydrogen (secondary N) is 1. The highest BCUT2D eigenvalue weighted by molar-refractivity contribution is 8.76. The third-order valence-corrected chi connectivity index (χ3v) is 6.75. The Hall–Kier alpha value is -1.80. The minimum atomic E-state index is -0.258. The number of carbonyl (C=O) groups excluding carboxylic acids is 2. The van der Waals surface area contributed by atoms with Crippen LogP contribution in [0, 0.1) is 0 Å². The molecule has 0 saturated heterocycles. The number of aromatic nitrogens is 2. The van der Waals surface area contributed by atoms with E-state index in [1.807, 2.05) is 13.3 Å². The van der Waals surface area contributed by atoms with E-state index in [0.29, 0.717) is 29.2 Å². The van der Waals surface area contributed by atoms with Crippen molar-refractivity contribution in [1.29, 1.82) is 0 Å². The molecule has 6 nitrogen and oxygen atoms in total. The molecule has 0 radical (unpaired) electrons. The zero-order chi connectivity index (χ0) is 19.5. The summed E-state index contributed by atoms with van der Waals surface area (Å²) in [6.45, 7) is 4.29. The average molecular weight is 395 g/mol. The van der Waals surface area contributed by atoms with Gasteiger partial charge in [-0.3, -0.25) is 9.59 Å². The molecular formula is C18H26N4O2S2. The number of anilines is 2. The molecule has 0 aliphatic carbocycles. The van der Waals surface area contributed by atoms with E-state index in [1.54, 1.807) is 62.3 Å². The highest BCUT2D eigenvalue weighted by atomic mass is 33.1. The molecule has 1 amide bonds. The highest BCUT2D eigenvalue weighted by Crippen LogP contribution is 2.37. The van der Waals surface area contributed by atoms with E-state index in [4.69, 9.17) is 5.73 Å². The van der Waals surface area contributed by atoms with Crippen molar-refractivity contribution in [1.82, 2.24) is 9.13 Å². The summed E-state index contributed by atoms with van der Waals surface area (Å²) in [6.07, 6.45) is 6.75. The van der Waals surface area contributed by atoms with Gasteiger partial charge < -0.3 is 20.2 Å². The van der Waals surface area contributed by atoms with Gasteiger partial charge in [0.25, 0.3) is 5.91 Å². The van der Waals surface area contributed by atoms with Crippen LogP contribution in [-0.4, -0.2) is 31.8 Å². The smallest absolute Gasteiger partial charge is 0.272 e. The van der Waals surface area contributed by atoms with Gasteiger partial charge in [0.05, 0.1) is 17.1 Å². The van der Waals surface area contributed by atoms with Crippen LogP contribution in [0.25, 0.3) is 0 Å². The Kier molecular flexibility index (Phi) is 6.52. The van der Waals surface area contributed by atoms with Crippen molar-refractivity contribution >= 4 is 44.7 Å². The lowest BCUT2D eigenvalue weighted by atomic mass is 10.0. The van der Waals surface area contributed by atoms with Gasteiger partial charge in [-0.25, -0.2) is 0 Å². The van der Waals surface area contributed by atoms with Crippen molar-refractivity contribution < 1.29 is 9.59 Å². The van der Waals surface area contributed by atoms with Gasteiger partial charge in [0.1, 0.15) is 5.69 Å². The van der Waals surface area contributed by atoms with Crippen molar-refractivity contribution in [2.24, 2.45) is 14.1 Å². The van der Waals surface area contributed by atoms with Gasteiger partial charge in [-0.15, -0.1) is 0 Å². The first kappa shape index (κ1) is 20.5. The number of carbonyl (C=O) groups is 2. The van der Waals surface area contributed by atoms with Crippen LogP contribution >= 0.6 is 21.6 Å². The largest absolute Gasteiger partial charge is 0.397 e. The second-order valence-electron chi connectivity index (χ2n) is 6.88. The Bertz CT molecular complexity index is 808. The van der Waals surface area contributed by atoms with E-state index in [1.165, 1.54) is 0 Å². The van der Waals surface area contributed by atoms with Gasteiger partial charge in [0.15, 0.2) is 5.78 Å². The number of nitrogens with zero attached hydrogens (tertiary/aromatic N) is 2. The summed E-state index contributed by atoms with van der Waals surface area (Å²) in [5.74, 6) is -0.183. The molecule has 0 aromatic carbocycles. The van der Waals surface area contributed by atoms with E-state index in [0.717, 1.165) is 6.42 Å². The number of nitrogen functional groups attached to an aromatic ring is 1. The Morgan fingerprint density at radius 2 is 1.81 bits per heavy atom. The van der Waals surface area contributed by atoms with Crippen LogP contribution in [0.4, 0.5) is 11.4 Å². The monoisotopic (exact) mass is 394 g/mol. The number of hydrogen-bond donors (Lipinski definition) is 2. The first-order chi connectivity index (χ1) is 12.1. The molecule has 0 aliphatic rings. The van der Waals surface area contributed by atoms with Gasteiger partial charge >= 0.3 is 0 Å². The van der Waals surface area contributed by atoms with E-state index in [9.17, 15) is 9.59 Å². The lowest BCUT2D eigenvalue weighted by Crippen LogP contribution is -2.16. The zero-order valence-corrected chi connectivity index (χ0v) is 17.5. The maximum absolute atomic E-state index is 12.6. The number of hydrogen-bond acceptors (Lipinski definition) is 5. The summed E-state index contributed by atoms with van der Waals surface area (Å²) >= 11 is 0. The van der Waals surface area contributed by atoms with Gasteiger partial charge in [-0.1, -0.05) is 21.6 Å². The number of nitrogens with two attached hydrogens (primary N) is 1. The maximum Gasteiger partial charge on any atom is 0.272 e. The molecule has 2 aromatic rings. The lowest BCUT2D eigenvalue weighted by Gasteiger charge is -2.21. The molecular weight excluding hydrogens is 368 g/mol. The van der Waals surface area contributed by atoms with Gasteiger partial charge in [0, 0.05) is 37.7 Å². The molecule has 0 aliphatic heterocycles. The van der Waals surface area contributed by atoms with Gasteiger partial charge in [-0.05, 0) is 38.7 Å². The summed E-state index contributed by atoms with van der Waals surface area (Å²) in [4.78, 5) is 25.0. The van der Waals surface area contributed by atoms with Crippen LogP contribution in [0.3, 0.4) is 0 Å². The molecule has 26 heavy (non-hydrogen) atoms. The van der Waals surface area contributed by atoms with Crippen molar-refractivity contribution in [2.75, 3.05) is 17.3 Å². The summed E-state index contributed by atoms with van der Waals surface area (Å²) in [5, 5.41) is 2.83. The summed E-state index contributed by atoms with van der Waals surface area (Å²) in [6, 6.07) is 3.34. The molecule has 0 unspecified atom stereocenters. The molecule has 142 valence electrons. The fraction of sp³-hybridized carbons (Fsp3) is 0.444. The first-order valence-electron chi connectivity index (χ1n) is 8.27. The molecule has 0 atom stereocenters. The normalized spacial score (nSPS) is 11.6. The van der Waals surface area contributed by atoms with Crippen LogP contribution in [-0.2, 0) is 14.1 Å². The summed E-state index contributed by atoms with van der Waals surface area (Å²) in [5.41, 5.74) is 7.91. The third kappa shape index (κ3) is 5.11. The average Bonchev–Trinajstić information content (AvgIpc) is 3.06. The quantitative estimate of drug-likeness (QED) is 0.523. The third-order valence-electron chi connectivity index (χ3n) is 4.07. The SMILES string of the molecule is CSSC(C)(C)CCC(=O)c1cc(NC(=O)c2cc(N)cn2C)cn1C. The van der Waals surface area contributed by atoms with Gasteiger partial charge in [0.2, 0.25) is 0 Å². The zero-order valence-electron chi connectivity index (χ0n) is 15.8. The molecule has 2 aromatic heterocycles. The standard InChI is InChI=1S/C18H26N4O2S2/c1-18(2,26-25-5)7-6-16(23)14-9-13(11-22(14)4)20-17(24)15-8-12(19)10-21(15)3/h8-11H,6-7,19H2,1-5H3,(H,20,24). The molecule has 2 rings (SSSR count). The highest BCUT2D eigenvalue weighted by Gasteiger charge is 2.22. The number of amides is 1. The van der Waals surface area contributed by atoms with E-state index in [2.05, 4.69) is 19.2 Å². The topological polar surface area (TPSA) is 82.1 Å². The maximum atomic E-state index is 12.6. The Morgan fingerprint density at radius 3 is 2.38 bits per heavy atom. The fourth-order valence-electron chi connectivity index (χ4n) is 2.73. The van der Waals surface area contributed by atoms with Crippen LogP contribution in [0.2, 0.25) is 0 Å². The molecule has 0 spiro atoms. The molecule has 8 heteroatoms. The molecule has 3 N–H and O–H groups in total. The van der Waals surface area contributed by atoms with E-state index in [-0.39, 0.29) is 16.4 Å². The molecule has 0 saturated carbocycles. The van der Waals surface area contributed by atoms with Crippen LogP contribution in [0.1, 0.15) is 47.7 Å². The van der Waals surface area contributed by atoms with Crippen molar-refractivity contribution in [3.8, 4) is 0 Å². The molecule has 0 bridgehead atoms. The Balaban J connectivity index is 2.05. The molecule has 0 fully saturated rings. The van der Waals surface area contributed by atoms with Crippen LogP contribution in [0.5, 0.6) is 0 Å². The Labute approximate surface area is 162 Å². The van der Waals surface area contributed by atoms with Crippen LogP contribution in [0.15, 0.2) is 24.5 Å². The predicted octanol–water partition coefficient (Wildman–Crippen LogP) is 3.95. The van der Waals surface area contributed by atoms with Gasteiger partial charge in [-0.2, -0.15) is 0 Å². The number of ketones is 1. The second kappa shape index (κ2) is 8.26. The van der Waals surface area contributed by atoms with Crippen molar-refractivity contribution in [2.45, 2.75) is 31.4 Å². The lowest BCUT2D eigenvalue weighted by molar-refractivity contribution is 0.0967. The fourth-order valence-corrected chi connectivity index (χ4v) is 4.97. The van der Waals surface area contributed by atoms with E-state index < -0.39 is 0 Å². The van der Waals surface area contributed by atoms with Crippen molar-refractivity contribution in [3.63, 3.8) is 0 Å². The predicted molar refractivity (Wildman–Crippen MR) is 112 cm³/mol. The number of Topliss-reactive ketones (excluding diaryl/α,β-unsaturated/α-hetero) is 1. The van der Waals surface area contributed by atoms with Crippen molar-refractivity contribution in [3.05, 3.63) is 35.9 Å². The minimum Gasteiger partial charge on any atom is -0.397 e. The Morgan fingerprint density at radius 1 is 1.15 bits per heavy atom. The van der Waals surface area contributed by atoms with Crippen LogP contribution < -0.4 is 11.1 Å². The number of aryl methyl sites for hydroxylation is 2. The second-order valence-corrected chi connectivity index (χ2v) is 9.99. The number of rotatable bonds is 8. The summed E-state index contributed by atoms with van der Waals surface area (Å²) in [7, 11) is 7.06. The first-order valence-corrected chi connectivity index (χ1v) is 10.8. The summed E-state index contributed by atoms with van der Waals surface area (Å²) < 4.78 is 3.47. The van der Waals surface area contributed by atoms with E-state index >= 15 is 0 Å². The molecule has 2 heterocycles. The minimum absolute atomic E-state index is 0.0454.